The van der Waals surface area contributed by atoms with Gasteiger partial charge in [0, 0.05) is 18.8 Å². The highest BCUT2D eigenvalue weighted by atomic mass is 16.4. The van der Waals surface area contributed by atoms with Gasteiger partial charge in [0.25, 0.3) is 0 Å². The smallest absolute Gasteiger partial charge is 0.311 e. The van der Waals surface area contributed by atoms with Crippen LogP contribution in [-0.2, 0) is 4.79 Å². The molecule has 5 nitrogen and oxygen atoms in total. The molecule has 2 atom stereocenters. The standard InChI is InChI=1S/C15H17N3O2/c1-10-4-5-11(7-16)13(17-10)18-8-12-3-2-6-15(12,9-18)14(19)20/h4-5,12H,2-3,6,8-9H2,1H3,(H,19,20)/t12-,15+/m0/s1. The molecule has 1 aromatic heterocycles. The zero-order chi connectivity index (χ0) is 14.3. The van der Waals surface area contributed by atoms with Gasteiger partial charge in [0.1, 0.15) is 11.9 Å². The summed E-state index contributed by atoms with van der Waals surface area (Å²) in [5, 5.41) is 18.8. The molecule has 1 N–H and O–H groups in total. The van der Waals surface area contributed by atoms with Gasteiger partial charge >= 0.3 is 5.97 Å². The fraction of sp³-hybridized carbons (Fsp3) is 0.533. The number of nitriles is 1. The van der Waals surface area contributed by atoms with Crippen molar-refractivity contribution in [2.24, 2.45) is 11.3 Å². The van der Waals surface area contributed by atoms with Crippen molar-refractivity contribution in [2.75, 3.05) is 18.0 Å². The van der Waals surface area contributed by atoms with Crippen LogP contribution in [0.25, 0.3) is 0 Å². The van der Waals surface area contributed by atoms with Crippen molar-refractivity contribution >= 4 is 11.8 Å². The lowest BCUT2D eigenvalue weighted by Gasteiger charge is -2.24. The first-order valence-electron chi connectivity index (χ1n) is 6.93. The van der Waals surface area contributed by atoms with E-state index in [9.17, 15) is 15.2 Å². The second-order valence-electron chi connectivity index (χ2n) is 5.87. The van der Waals surface area contributed by atoms with E-state index in [2.05, 4.69) is 11.1 Å². The quantitative estimate of drug-likeness (QED) is 0.889. The monoisotopic (exact) mass is 271 g/mol. The maximum atomic E-state index is 11.7. The summed E-state index contributed by atoms with van der Waals surface area (Å²) in [6, 6.07) is 5.73. The summed E-state index contributed by atoms with van der Waals surface area (Å²) >= 11 is 0. The summed E-state index contributed by atoms with van der Waals surface area (Å²) in [5.74, 6) is 0.116. The predicted molar refractivity (Wildman–Crippen MR) is 73.3 cm³/mol. The molecule has 0 unspecified atom stereocenters. The van der Waals surface area contributed by atoms with Gasteiger partial charge in [0.15, 0.2) is 0 Å². The molecule has 0 bridgehead atoms. The number of anilines is 1. The Hall–Kier alpha value is -2.09. The molecule has 1 saturated carbocycles. The van der Waals surface area contributed by atoms with E-state index in [1.165, 1.54) is 0 Å². The third-order valence-corrected chi connectivity index (χ3v) is 4.73. The first kappa shape index (κ1) is 12.9. The molecular weight excluding hydrogens is 254 g/mol. The minimum absolute atomic E-state index is 0.175. The SMILES string of the molecule is Cc1ccc(C#N)c(N2C[C@@H]3CCC[C@@]3(C(=O)O)C2)n1. The number of carboxylic acids is 1. The van der Waals surface area contributed by atoms with Gasteiger partial charge < -0.3 is 10.0 Å². The number of pyridine rings is 1. The van der Waals surface area contributed by atoms with Crippen LogP contribution in [0.3, 0.4) is 0 Å². The molecule has 2 fully saturated rings. The van der Waals surface area contributed by atoms with Gasteiger partial charge in [-0.25, -0.2) is 4.98 Å². The second kappa shape index (κ2) is 4.48. The Labute approximate surface area is 117 Å². The lowest BCUT2D eigenvalue weighted by Crippen LogP contribution is -2.36. The Bertz CT molecular complexity index is 608. The normalized spacial score (nSPS) is 28.2. The Morgan fingerprint density at radius 1 is 1.60 bits per heavy atom. The summed E-state index contributed by atoms with van der Waals surface area (Å²) in [4.78, 5) is 18.1. The zero-order valence-electron chi connectivity index (χ0n) is 11.5. The number of hydrogen-bond acceptors (Lipinski definition) is 4. The number of nitrogens with zero attached hydrogens (tertiary/aromatic N) is 3. The third kappa shape index (κ3) is 1.75. The van der Waals surface area contributed by atoms with Crippen molar-refractivity contribution < 1.29 is 9.90 Å². The van der Waals surface area contributed by atoms with Gasteiger partial charge in [-0.2, -0.15) is 5.26 Å². The summed E-state index contributed by atoms with van der Waals surface area (Å²) in [5.41, 5.74) is 0.731. The molecule has 1 aliphatic heterocycles. The molecule has 1 aromatic rings. The van der Waals surface area contributed by atoms with Crippen LogP contribution in [0.4, 0.5) is 5.82 Å². The maximum Gasteiger partial charge on any atom is 0.311 e. The molecule has 0 aromatic carbocycles. The first-order valence-corrected chi connectivity index (χ1v) is 6.93. The summed E-state index contributed by atoms with van der Waals surface area (Å²) < 4.78 is 0. The van der Waals surface area contributed by atoms with Crippen molar-refractivity contribution in [3.8, 4) is 6.07 Å². The van der Waals surface area contributed by atoms with E-state index in [1.54, 1.807) is 6.07 Å². The summed E-state index contributed by atoms with van der Waals surface area (Å²) in [6.07, 6.45) is 2.67. The Morgan fingerprint density at radius 2 is 2.40 bits per heavy atom. The Balaban J connectivity index is 1.97. The van der Waals surface area contributed by atoms with E-state index in [0.29, 0.717) is 24.5 Å². The van der Waals surface area contributed by atoms with Crippen LogP contribution in [0.5, 0.6) is 0 Å². The fourth-order valence-corrected chi connectivity index (χ4v) is 3.67. The average molecular weight is 271 g/mol. The lowest BCUT2D eigenvalue weighted by molar-refractivity contribution is -0.149. The number of hydrogen-bond donors (Lipinski definition) is 1. The van der Waals surface area contributed by atoms with Crippen molar-refractivity contribution in [1.82, 2.24) is 4.98 Å². The van der Waals surface area contributed by atoms with E-state index >= 15 is 0 Å². The molecule has 0 amide bonds. The van der Waals surface area contributed by atoms with E-state index in [4.69, 9.17) is 0 Å². The summed E-state index contributed by atoms with van der Waals surface area (Å²) in [6.45, 7) is 3.05. The number of rotatable bonds is 2. The van der Waals surface area contributed by atoms with Gasteiger partial charge in [-0.05, 0) is 37.8 Å². The van der Waals surface area contributed by atoms with Gasteiger partial charge in [0.05, 0.1) is 11.0 Å². The molecular formula is C15H17N3O2. The molecule has 1 saturated heterocycles. The number of aliphatic carboxylic acids is 1. The fourth-order valence-electron chi connectivity index (χ4n) is 3.67. The average Bonchev–Trinajstić information content (AvgIpc) is 2.96. The van der Waals surface area contributed by atoms with E-state index in [1.807, 2.05) is 17.9 Å². The van der Waals surface area contributed by atoms with E-state index in [-0.39, 0.29) is 5.92 Å². The van der Waals surface area contributed by atoms with Crippen LogP contribution in [0.15, 0.2) is 12.1 Å². The minimum atomic E-state index is -0.700. The molecule has 0 spiro atoms. The van der Waals surface area contributed by atoms with Crippen LogP contribution >= 0.6 is 0 Å². The molecule has 104 valence electrons. The number of fused-ring (bicyclic) bond motifs is 1. The van der Waals surface area contributed by atoms with Crippen molar-refractivity contribution in [3.05, 3.63) is 23.4 Å². The second-order valence-corrected chi connectivity index (χ2v) is 5.87. The van der Waals surface area contributed by atoms with Crippen molar-refractivity contribution in [2.45, 2.75) is 26.2 Å². The number of aryl methyl sites for hydroxylation is 1. The van der Waals surface area contributed by atoms with E-state index < -0.39 is 11.4 Å². The van der Waals surface area contributed by atoms with Crippen LogP contribution in [0.2, 0.25) is 0 Å². The largest absolute Gasteiger partial charge is 0.481 e. The molecule has 0 radical (unpaired) electrons. The van der Waals surface area contributed by atoms with Crippen LogP contribution in [0.1, 0.15) is 30.5 Å². The Morgan fingerprint density at radius 3 is 3.05 bits per heavy atom. The van der Waals surface area contributed by atoms with E-state index in [0.717, 1.165) is 25.0 Å². The molecule has 2 heterocycles. The molecule has 5 heteroatoms. The number of aromatic nitrogens is 1. The minimum Gasteiger partial charge on any atom is -0.481 e. The van der Waals surface area contributed by atoms with Gasteiger partial charge in [0.2, 0.25) is 0 Å². The maximum absolute atomic E-state index is 11.7. The van der Waals surface area contributed by atoms with Gasteiger partial charge in [-0.3, -0.25) is 4.79 Å². The highest BCUT2D eigenvalue weighted by Gasteiger charge is 2.55. The van der Waals surface area contributed by atoms with Gasteiger partial charge in [-0.1, -0.05) is 6.42 Å². The molecule has 20 heavy (non-hydrogen) atoms. The van der Waals surface area contributed by atoms with Gasteiger partial charge in [-0.15, -0.1) is 0 Å². The number of carbonyl (C=O) groups is 1. The predicted octanol–water partition coefficient (Wildman–Crippen LogP) is 1.95. The first-order chi connectivity index (χ1) is 9.56. The highest BCUT2D eigenvalue weighted by Crippen LogP contribution is 2.49. The van der Waals surface area contributed by atoms with Crippen LogP contribution in [0, 0.1) is 29.6 Å². The molecule has 2 aliphatic rings. The molecule has 3 rings (SSSR count). The Kier molecular flexibility index (Phi) is 2.89. The topological polar surface area (TPSA) is 77.2 Å². The van der Waals surface area contributed by atoms with Crippen molar-refractivity contribution in [1.29, 1.82) is 5.26 Å². The summed E-state index contributed by atoms with van der Waals surface area (Å²) in [7, 11) is 0. The lowest BCUT2D eigenvalue weighted by atomic mass is 9.81. The van der Waals surface area contributed by atoms with Crippen LogP contribution in [-0.4, -0.2) is 29.1 Å². The zero-order valence-corrected chi connectivity index (χ0v) is 11.5. The number of carboxylic acid groups (broad SMARTS) is 1. The highest BCUT2D eigenvalue weighted by molar-refractivity contribution is 5.78. The molecule has 1 aliphatic carbocycles. The van der Waals surface area contributed by atoms with Crippen molar-refractivity contribution in [3.63, 3.8) is 0 Å². The van der Waals surface area contributed by atoms with Crippen LogP contribution < -0.4 is 4.90 Å². The third-order valence-electron chi connectivity index (χ3n) is 4.73.